The largest absolute Gasteiger partial charge is 0.557 e. The number of hydrogen-bond acceptors (Lipinski definition) is 2. The summed E-state index contributed by atoms with van der Waals surface area (Å²) in [6, 6.07) is 10.5. The number of hydrogen-bond donors (Lipinski definition) is 0. The molecule has 0 aliphatic rings. The lowest BCUT2D eigenvalue weighted by Crippen LogP contribution is -2.83. The molecule has 0 aliphatic carbocycles. The SMILES string of the molecule is COC(/C=C/O[Si]([Si](C)(C)C)([Si](C)(C)C)[Si](C)(C)C)Cc1ccccc1. The second kappa shape index (κ2) is 8.73. The van der Waals surface area contributed by atoms with Crippen molar-refractivity contribution >= 4 is 29.6 Å². The molecule has 1 aromatic rings. The van der Waals surface area contributed by atoms with Gasteiger partial charge in [-0.2, -0.15) is 0 Å². The minimum atomic E-state index is -1.80. The van der Waals surface area contributed by atoms with Gasteiger partial charge in [0.15, 0.2) is 0 Å². The van der Waals surface area contributed by atoms with Gasteiger partial charge in [-0.3, -0.25) is 0 Å². The first kappa shape index (κ1) is 23.6. The topological polar surface area (TPSA) is 18.5 Å². The molecule has 148 valence electrons. The second-order valence-electron chi connectivity index (χ2n) is 10.3. The maximum Gasteiger partial charge on any atom is 0.205 e. The summed E-state index contributed by atoms with van der Waals surface area (Å²) >= 11 is 0. The van der Waals surface area contributed by atoms with Crippen molar-refractivity contribution in [1.29, 1.82) is 0 Å². The van der Waals surface area contributed by atoms with Gasteiger partial charge in [0.05, 0.1) is 35.1 Å². The molecule has 26 heavy (non-hydrogen) atoms. The van der Waals surface area contributed by atoms with Gasteiger partial charge in [-0.05, 0) is 11.6 Å². The molecule has 2 nitrogen and oxygen atoms in total. The van der Waals surface area contributed by atoms with E-state index in [1.165, 1.54) is 5.56 Å². The van der Waals surface area contributed by atoms with Gasteiger partial charge in [-0.25, -0.2) is 0 Å². The lowest BCUT2D eigenvalue weighted by Gasteiger charge is -2.55. The third kappa shape index (κ3) is 5.31. The Labute approximate surface area is 165 Å². The van der Waals surface area contributed by atoms with Gasteiger partial charge in [0.1, 0.15) is 0 Å². The summed E-state index contributed by atoms with van der Waals surface area (Å²) in [6.45, 7) is 21.1. The number of benzene rings is 1. The predicted octanol–water partition coefficient (Wildman–Crippen LogP) is 5.97. The maximum atomic E-state index is 6.96. The van der Waals surface area contributed by atoms with E-state index in [4.69, 9.17) is 9.16 Å². The molecular formula is C20H40O2Si4. The summed E-state index contributed by atoms with van der Waals surface area (Å²) in [5.74, 6) is 0. The van der Waals surface area contributed by atoms with Crippen LogP contribution >= 0.6 is 0 Å². The van der Waals surface area contributed by atoms with E-state index in [0.29, 0.717) is 0 Å². The summed E-state index contributed by atoms with van der Waals surface area (Å²) < 4.78 is 12.7. The predicted molar refractivity (Wildman–Crippen MR) is 127 cm³/mol. The summed E-state index contributed by atoms with van der Waals surface area (Å²) in [6.07, 6.45) is 5.14. The molecule has 1 atom stereocenters. The van der Waals surface area contributed by atoms with E-state index in [2.05, 4.69) is 95.3 Å². The van der Waals surface area contributed by atoms with E-state index in [1.807, 2.05) is 6.26 Å². The molecule has 0 aliphatic heterocycles. The molecule has 1 rings (SSSR count). The van der Waals surface area contributed by atoms with Gasteiger partial charge in [0.25, 0.3) is 0 Å². The van der Waals surface area contributed by atoms with E-state index >= 15 is 0 Å². The van der Waals surface area contributed by atoms with Crippen molar-refractivity contribution in [3.05, 3.63) is 48.2 Å². The van der Waals surface area contributed by atoms with E-state index in [9.17, 15) is 0 Å². The van der Waals surface area contributed by atoms with Crippen LogP contribution in [0.2, 0.25) is 58.9 Å². The van der Waals surface area contributed by atoms with Gasteiger partial charge in [-0.1, -0.05) is 89.3 Å². The van der Waals surface area contributed by atoms with Crippen LogP contribution < -0.4 is 0 Å². The van der Waals surface area contributed by atoms with Crippen molar-refractivity contribution in [2.24, 2.45) is 0 Å². The first-order valence-corrected chi connectivity index (χ1v) is 25.1. The smallest absolute Gasteiger partial charge is 0.205 e. The van der Waals surface area contributed by atoms with Crippen molar-refractivity contribution in [3.8, 4) is 0 Å². The Morgan fingerprint density at radius 2 is 1.27 bits per heavy atom. The maximum absolute atomic E-state index is 6.96. The van der Waals surface area contributed by atoms with Crippen LogP contribution in [0.5, 0.6) is 0 Å². The van der Waals surface area contributed by atoms with Gasteiger partial charge >= 0.3 is 0 Å². The summed E-state index contributed by atoms with van der Waals surface area (Å²) in [4.78, 5) is 0. The molecule has 1 unspecified atom stereocenters. The van der Waals surface area contributed by atoms with Crippen LogP contribution in [-0.4, -0.2) is 42.9 Å². The van der Waals surface area contributed by atoms with Crippen LogP contribution in [0.15, 0.2) is 42.7 Å². The van der Waals surface area contributed by atoms with Crippen LogP contribution in [0.25, 0.3) is 0 Å². The Bertz CT molecular complexity index is 545. The number of methoxy groups -OCH3 is 1. The van der Waals surface area contributed by atoms with Crippen LogP contribution in [0.1, 0.15) is 5.56 Å². The molecule has 0 saturated carbocycles. The Balaban J connectivity index is 3.10. The van der Waals surface area contributed by atoms with Crippen LogP contribution in [0.3, 0.4) is 0 Å². The van der Waals surface area contributed by atoms with Gasteiger partial charge < -0.3 is 9.16 Å². The first-order chi connectivity index (χ1) is 11.8. The fraction of sp³-hybridized carbons (Fsp3) is 0.600. The first-order valence-electron chi connectivity index (χ1n) is 9.67. The van der Waals surface area contributed by atoms with Gasteiger partial charge in [0, 0.05) is 13.5 Å². The molecule has 0 fully saturated rings. The fourth-order valence-electron chi connectivity index (χ4n) is 5.21. The Hall–Kier alpha value is -0.412. The van der Waals surface area contributed by atoms with Crippen LogP contribution in [0, 0.1) is 0 Å². The average molecular weight is 425 g/mol. The Morgan fingerprint density at radius 3 is 1.65 bits per heavy atom. The van der Waals surface area contributed by atoms with Crippen molar-refractivity contribution in [2.75, 3.05) is 7.11 Å². The molecule has 0 saturated heterocycles. The van der Waals surface area contributed by atoms with Gasteiger partial charge in [0.2, 0.25) is 6.87 Å². The molecule has 0 amide bonds. The van der Waals surface area contributed by atoms with E-state index < -0.39 is 29.6 Å². The van der Waals surface area contributed by atoms with Crippen LogP contribution in [0.4, 0.5) is 0 Å². The van der Waals surface area contributed by atoms with Crippen molar-refractivity contribution in [3.63, 3.8) is 0 Å². The van der Waals surface area contributed by atoms with E-state index in [0.717, 1.165) is 6.42 Å². The normalized spacial score (nSPS) is 15.3. The van der Waals surface area contributed by atoms with Gasteiger partial charge in [-0.15, -0.1) is 0 Å². The minimum absolute atomic E-state index is 0.0639. The summed E-state index contributed by atoms with van der Waals surface area (Å²) in [7, 11) is -2.46. The summed E-state index contributed by atoms with van der Waals surface area (Å²) in [5, 5.41) is 0. The van der Waals surface area contributed by atoms with E-state index in [-0.39, 0.29) is 6.10 Å². The molecule has 6 heteroatoms. The zero-order chi connectivity index (χ0) is 20.2. The molecule has 0 radical (unpaired) electrons. The van der Waals surface area contributed by atoms with Crippen LogP contribution in [-0.2, 0) is 15.6 Å². The Morgan fingerprint density at radius 1 is 0.808 bits per heavy atom. The lowest BCUT2D eigenvalue weighted by atomic mass is 10.1. The monoisotopic (exact) mass is 424 g/mol. The number of ether oxygens (including phenoxy) is 1. The zero-order valence-corrected chi connectivity index (χ0v) is 22.6. The fourth-order valence-corrected chi connectivity index (χ4v) is 98.1. The third-order valence-corrected chi connectivity index (χ3v) is 72.7. The second-order valence-corrected chi connectivity index (χ2v) is 49.8. The molecular weight excluding hydrogens is 385 g/mol. The third-order valence-electron chi connectivity index (χ3n) is 5.29. The molecule has 0 bridgehead atoms. The summed E-state index contributed by atoms with van der Waals surface area (Å²) in [5.41, 5.74) is 1.30. The highest BCUT2D eigenvalue weighted by molar-refractivity contribution is 7.87. The highest BCUT2D eigenvalue weighted by Gasteiger charge is 2.64. The molecule has 0 heterocycles. The van der Waals surface area contributed by atoms with Crippen molar-refractivity contribution in [1.82, 2.24) is 0 Å². The van der Waals surface area contributed by atoms with Crippen molar-refractivity contribution in [2.45, 2.75) is 71.4 Å². The number of rotatable bonds is 9. The lowest BCUT2D eigenvalue weighted by molar-refractivity contribution is 0.140. The molecule has 0 aromatic heterocycles. The highest BCUT2D eigenvalue weighted by atomic mass is 29.9. The molecule has 1 aromatic carbocycles. The van der Waals surface area contributed by atoms with E-state index in [1.54, 1.807) is 7.11 Å². The van der Waals surface area contributed by atoms with Crippen molar-refractivity contribution < 1.29 is 9.16 Å². The molecule has 0 N–H and O–H groups in total. The zero-order valence-electron chi connectivity index (χ0n) is 18.6. The minimum Gasteiger partial charge on any atom is -0.557 e. The standard InChI is InChI=1S/C20H40O2Si4/c1-21-20(18-19-14-12-11-13-15-19)16-17-22-26(23(2,3)4,24(5,6)7)25(8,9)10/h11-17,20H,18H2,1-10H3/b17-16+. The highest BCUT2D eigenvalue weighted by Crippen LogP contribution is 2.38. The Kier molecular flexibility index (Phi) is 7.93. The average Bonchev–Trinajstić information content (AvgIpc) is 2.47. The quantitative estimate of drug-likeness (QED) is 0.359. The molecule has 0 spiro atoms.